The molecule has 4 heteroatoms. The zero-order valence-electron chi connectivity index (χ0n) is 13.9. The molecule has 0 aliphatic heterocycles. The molecular formula is C17H28ClNOS. The van der Waals surface area contributed by atoms with Crippen LogP contribution in [0.5, 0.6) is 0 Å². The predicted molar refractivity (Wildman–Crippen MR) is 93.6 cm³/mol. The largest absolute Gasteiger partial charge is 0.293 e. The van der Waals surface area contributed by atoms with Gasteiger partial charge in [0.15, 0.2) is 5.78 Å². The maximum absolute atomic E-state index is 12.6. The van der Waals surface area contributed by atoms with Crippen molar-refractivity contribution in [1.82, 2.24) is 4.90 Å². The molecular weight excluding hydrogens is 302 g/mol. The molecule has 1 atom stereocenters. The Hall–Kier alpha value is -0.380. The van der Waals surface area contributed by atoms with Crippen molar-refractivity contribution in [1.29, 1.82) is 0 Å². The fourth-order valence-corrected chi connectivity index (χ4v) is 3.23. The second-order valence-corrected chi connectivity index (χ2v) is 8.26. The molecule has 0 radical (unpaired) electrons. The molecule has 1 aromatic heterocycles. The summed E-state index contributed by atoms with van der Waals surface area (Å²) in [5.41, 5.74) is 0. The molecule has 2 nitrogen and oxygen atoms in total. The van der Waals surface area contributed by atoms with Crippen molar-refractivity contribution in [3.63, 3.8) is 0 Å². The maximum Gasteiger partial charge on any atom is 0.189 e. The molecule has 0 spiro atoms. The van der Waals surface area contributed by atoms with Crippen LogP contribution in [0.1, 0.15) is 57.1 Å². The Kier molecular flexibility index (Phi) is 7.93. The van der Waals surface area contributed by atoms with Crippen LogP contribution < -0.4 is 0 Å². The van der Waals surface area contributed by atoms with Crippen LogP contribution in [0.4, 0.5) is 0 Å². The molecule has 0 N–H and O–H groups in total. The molecule has 120 valence electrons. The molecule has 1 heterocycles. The minimum atomic E-state index is -0.0720. The van der Waals surface area contributed by atoms with Crippen molar-refractivity contribution in [2.45, 2.75) is 53.5 Å². The van der Waals surface area contributed by atoms with Gasteiger partial charge in [-0.25, -0.2) is 0 Å². The fourth-order valence-electron chi connectivity index (χ4n) is 2.17. The van der Waals surface area contributed by atoms with Crippen molar-refractivity contribution in [2.24, 2.45) is 11.8 Å². The number of thiophene rings is 1. The summed E-state index contributed by atoms with van der Waals surface area (Å²) >= 11 is 7.33. The van der Waals surface area contributed by atoms with E-state index in [0.717, 1.165) is 30.8 Å². The third kappa shape index (κ3) is 6.50. The van der Waals surface area contributed by atoms with E-state index in [1.165, 1.54) is 11.3 Å². The Balaban J connectivity index is 2.72. The number of halogens is 1. The first-order valence-corrected chi connectivity index (χ1v) is 9.04. The van der Waals surface area contributed by atoms with Crippen LogP contribution in [-0.2, 0) is 0 Å². The van der Waals surface area contributed by atoms with Gasteiger partial charge in [0, 0.05) is 0 Å². The monoisotopic (exact) mass is 329 g/mol. The van der Waals surface area contributed by atoms with E-state index in [9.17, 15) is 4.79 Å². The van der Waals surface area contributed by atoms with E-state index >= 15 is 0 Å². The van der Waals surface area contributed by atoms with Crippen molar-refractivity contribution in [3.05, 3.63) is 21.3 Å². The van der Waals surface area contributed by atoms with Crippen LogP contribution in [0.15, 0.2) is 12.1 Å². The third-order valence-corrected chi connectivity index (χ3v) is 4.98. The minimum Gasteiger partial charge on any atom is -0.293 e. The molecule has 0 fully saturated rings. The smallest absolute Gasteiger partial charge is 0.189 e. The second-order valence-electron chi connectivity index (χ2n) is 6.54. The van der Waals surface area contributed by atoms with E-state index in [1.54, 1.807) is 6.07 Å². The quantitative estimate of drug-likeness (QED) is 0.568. The molecule has 0 saturated carbocycles. The van der Waals surface area contributed by atoms with Gasteiger partial charge in [-0.1, -0.05) is 39.3 Å². The van der Waals surface area contributed by atoms with Gasteiger partial charge in [0.1, 0.15) is 0 Å². The molecule has 21 heavy (non-hydrogen) atoms. The Morgan fingerprint density at radius 2 is 1.62 bits per heavy atom. The molecule has 1 rings (SSSR count). The van der Waals surface area contributed by atoms with Crippen molar-refractivity contribution in [2.75, 3.05) is 13.1 Å². The number of ketones is 1. The number of carbonyl (C=O) groups excluding carboxylic acids is 1. The van der Waals surface area contributed by atoms with Gasteiger partial charge in [-0.2, -0.15) is 0 Å². The van der Waals surface area contributed by atoms with Crippen LogP contribution >= 0.6 is 22.9 Å². The Bertz CT molecular complexity index is 430. The lowest BCUT2D eigenvalue weighted by molar-refractivity contribution is 0.0827. The average molecular weight is 330 g/mol. The number of hydrogen-bond acceptors (Lipinski definition) is 3. The number of nitrogens with zero attached hydrogens (tertiary/aromatic N) is 1. The Morgan fingerprint density at radius 1 is 1.10 bits per heavy atom. The van der Waals surface area contributed by atoms with Gasteiger partial charge in [0.2, 0.25) is 0 Å². The second kappa shape index (κ2) is 8.92. The van der Waals surface area contributed by atoms with E-state index in [1.807, 2.05) is 13.0 Å². The summed E-state index contributed by atoms with van der Waals surface area (Å²) in [7, 11) is 0. The minimum absolute atomic E-state index is 0.0720. The molecule has 0 aliphatic rings. The third-order valence-electron chi connectivity index (χ3n) is 3.73. The van der Waals surface area contributed by atoms with E-state index in [0.29, 0.717) is 16.2 Å². The summed E-state index contributed by atoms with van der Waals surface area (Å²) in [6.07, 6.45) is 2.25. The zero-order valence-corrected chi connectivity index (χ0v) is 15.4. The van der Waals surface area contributed by atoms with Crippen LogP contribution in [-0.4, -0.2) is 29.8 Å². The lowest BCUT2D eigenvalue weighted by Crippen LogP contribution is -2.40. The van der Waals surface area contributed by atoms with Crippen LogP contribution in [0, 0.1) is 11.8 Å². The van der Waals surface area contributed by atoms with Crippen molar-refractivity contribution >= 4 is 28.7 Å². The maximum atomic E-state index is 12.6. The number of hydrogen-bond donors (Lipinski definition) is 0. The highest BCUT2D eigenvalue weighted by Gasteiger charge is 2.23. The summed E-state index contributed by atoms with van der Waals surface area (Å²) in [6, 6.07) is 3.57. The molecule has 0 amide bonds. The van der Waals surface area contributed by atoms with Crippen molar-refractivity contribution in [3.8, 4) is 0 Å². The normalized spacial score (nSPS) is 13.4. The van der Waals surface area contributed by atoms with Crippen LogP contribution in [0.2, 0.25) is 4.34 Å². The summed E-state index contributed by atoms with van der Waals surface area (Å²) in [4.78, 5) is 15.7. The summed E-state index contributed by atoms with van der Waals surface area (Å²) in [5.74, 6) is 1.51. The fraction of sp³-hybridized carbons (Fsp3) is 0.706. The zero-order chi connectivity index (χ0) is 16.0. The number of Topliss-reactive ketones (excluding diaryl/α,β-unsaturated/α-hetero) is 1. The first-order valence-electron chi connectivity index (χ1n) is 7.84. The number of carbonyl (C=O) groups is 1. The highest BCUT2D eigenvalue weighted by Crippen LogP contribution is 2.24. The SMILES string of the molecule is CC(C)CCN(CCC(C)C)C(C)C(=O)c1ccc(Cl)s1. The van der Waals surface area contributed by atoms with E-state index < -0.39 is 0 Å². The first kappa shape index (κ1) is 18.7. The lowest BCUT2D eigenvalue weighted by atomic mass is 10.1. The topological polar surface area (TPSA) is 20.3 Å². The van der Waals surface area contributed by atoms with Gasteiger partial charge in [0.25, 0.3) is 0 Å². The van der Waals surface area contributed by atoms with Gasteiger partial charge in [-0.3, -0.25) is 9.69 Å². The Labute approximate surface area is 138 Å². The van der Waals surface area contributed by atoms with Gasteiger partial charge < -0.3 is 0 Å². The van der Waals surface area contributed by atoms with E-state index in [2.05, 4.69) is 32.6 Å². The molecule has 1 aromatic rings. The highest BCUT2D eigenvalue weighted by atomic mass is 35.5. The average Bonchev–Trinajstić information content (AvgIpc) is 2.83. The number of rotatable bonds is 9. The predicted octanol–water partition coefficient (Wildman–Crippen LogP) is 5.37. The van der Waals surface area contributed by atoms with E-state index in [4.69, 9.17) is 11.6 Å². The molecule has 1 unspecified atom stereocenters. The van der Waals surface area contributed by atoms with E-state index in [-0.39, 0.29) is 11.8 Å². The Morgan fingerprint density at radius 3 is 2.00 bits per heavy atom. The first-order chi connectivity index (χ1) is 9.81. The van der Waals surface area contributed by atoms with Crippen molar-refractivity contribution < 1.29 is 4.79 Å². The van der Waals surface area contributed by atoms with Gasteiger partial charge >= 0.3 is 0 Å². The molecule has 0 bridgehead atoms. The summed E-state index contributed by atoms with van der Waals surface area (Å²) in [6.45, 7) is 12.9. The van der Waals surface area contributed by atoms with Gasteiger partial charge in [-0.15, -0.1) is 11.3 Å². The van der Waals surface area contributed by atoms with Crippen LogP contribution in [0.3, 0.4) is 0 Å². The summed E-state index contributed by atoms with van der Waals surface area (Å²) in [5, 5.41) is 0. The highest BCUT2D eigenvalue weighted by molar-refractivity contribution is 7.18. The standard InChI is InChI=1S/C17H28ClNOS/c1-12(2)8-10-19(11-9-13(3)4)14(5)17(20)15-6-7-16(18)21-15/h6-7,12-14H,8-11H2,1-5H3. The van der Waals surface area contributed by atoms with Crippen LogP contribution in [0.25, 0.3) is 0 Å². The molecule has 0 saturated heterocycles. The van der Waals surface area contributed by atoms with Gasteiger partial charge in [-0.05, 0) is 56.8 Å². The molecule has 0 aromatic carbocycles. The van der Waals surface area contributed by atoms with Gasteiger partial charge in [0.05, 0.1) is 15.3 Å². The summed E-state index contributed by atoms with van der Waals surface area (Å²) < 4.78 is 0.682. The lowest BCUT2D eigenvalue weighted by Gasteiger charge is -2.29. The molecule has 0 aliphatic carbocycles.